The summed E-state index contributed by atoms with van der Waals surface area (Å²) in [6, 6.07) is 56.0. The van der Waals surface area contributed by atoms with Crippen molar-refractivity contribution in [2.45, 2.75) is 19.3 Å². The smallest absolute Gasteiger partial charge is 0.227 e. The molecule has 8 aromatic rings. The van der Waals surface area contributed by atoms with Gasteiger partial charge in [0.25, 0.3) is 0 Å². The minimum Gasteiger partial charge on any atom is -0.436 e. The van der Waals surface area contributed by atoms with Crippen LogP contribution in [-0.2, 0) is 5.41 Å². The fourth-order valence-corrected chi connectivity index (χ4v) is 7.41. The molecule has 47 heavy (non-hydrogen) atoms. The average molecular weight is 605 g/mol. The highest BCUT2D eigenvalue weighted by atomic mass is 16.3. The van der Waals surface area contributed by atoms with Crippen molar-refractivity contribution >= 4 is 38.9 Å². The second-order valence-corrected chi connectivity index (χ2v) is 12.8. The van der Waals surface area contributed by atoms with Crippen molar-refractivity contribution in [2.75, 3.05) is 4.90 Å². The van der Waals surface area contributed by atoms with E-state index in [2.05, 4.69) is 146 Å². The molecule has 0 aliphatic heterocycles. The van der Waals surface area contributed by atoms with Crippen LogP contribution < -0.4 is 4.90 Å². The number of oxazole rings is 1. The highest BCUT2D eigenvalue weighted by Gasteiger charge is 2.36. The standard InChI is InChI=1S/C44H32N2O/c1-44(2)37-23-13-11-20-33(37)36-27-31(25-26-38(36)44)46(39-24-14-12-19-32(39)29-15-5-3-6-16-29)40-28-41-42(35-22-10-9-21-34(35)40)45-43(47-41)30-17-7-4-8-18-30/h3-28H,1-2H3. The summed E-state index contributed by atoms with van der Waals surface area (Å²) >= 11 is 0. The summed E-state index contributed by atoms with van der Waals surface area (Å²) in [6.07, 6.45) is 0. The van der Waals surface area contributed by atoms with Crippen molar-refractivity contribution in [3.63, 3.8) is 0 Å². The molecular formula is C44H32N2O. The number of hydrogen-bond acceptors (Lipinski definition) is 3. The first-order valence-corrected chi connectivity index (χ1v) is 16.1. The fraction of sp³-hybridized carbons (Fsp3) is 0.0682. The van der Waals surface area contributed by atoms with Gasteiger partial charge in [0.1, 0.15) is 5.52 Å². The van der Waals surface area contributed by atoms with Gasteiger partial charge in [0.15, 0.2) is 5.58 Å². The van der Waals surface area contributed by atoms with Gasteiger partial charge in [0.2, 0.25) is 5.89 Å². The van der Waals surface area contributed by atoms with Gasteiger partial charge in [-0.3, -0.25) is 0 Å². The van der Waals surface area contributed by atoms with Crippen LogP contribution in [0.4, 0.5) is 17.1 Å². The van der Waals surface area contributed by atoms with Gasteiger partial charge in [0, 0.05) is 39.1 Å². The van der Waals surface area contributed by atoms with E-state index in [0.717, 1.165) is 55.6 Å². The SMILES string of the molecule is CC1(C)c2ccccc2-c2cc(N(c3ccccc3-c3ccccc3)c3cc4oc(-c5ccccc5)nc4c4ccccc34)ccc21. The van der Waals surface area contributed by atoms with Gasteiger partial charge in [-0.05, 0) is 58.1 Å². The van der Waals surface area contributed by atoms with Gasteiger partial charge in [-0.2, -0.15) is 0 Å². The molecule has 224 valence electrons. The minimum atomic E-state index is -0.0729. The highest BCUT2D eigenvalue weighted by Crippen LogP contribution is 2.52. The Hall–Kier alpha value is -5.93. The molecule has 7 aromatic carbocycles. The summed E-state index contributed by atoms with van der Waals surface area (Å²) in [5.74, 6) is 0.621. The Bertz CT molecular complexity index is 2440. The van der Waals surface area contributed by atoms with Crippen LogP contribution in [0.3, 0.4) is 0 Å². The summed E-state index contributed by atoms with van der Waals surface area (Å²) in [4.78, 5) is 7.43. The van der Waals surface area contributed by atoms with Crippen LogP contribution in [0.2, 0.25) is 0 Å². The Morgan fingerprint density at radius 2 is 1.13 bits per heavy atom. The van der Waals surface area contributed by atoms with E-state index in [0.29, 0.717) is 5.89 Å². The third-order valence-electron chi connectivity index (χ3n) is 9.70. The summed E-state index contributed by atoms with van der Waals surface area (Å²) in [6.45, 7) is 4.66. The number of benzene rings is 7. The molecular weight excluding hydrogens is 572 g/mol. The zero-order chi connectivity index (χ0) is 31.5. The van der Waals surface area contributed by atoms with E-state index in [4.69, 9.17) is 9.40 Å². The number of nitrogens with zero attached hydrogens (tertiary/aromatic N) is 2. The molecule has 1 heterocycles. The molecule has 1 aliphatic carbocycles. The van der Waals surface area contributed by atoms with E-state index in [9.17, 15) is 0 Å². The normalized spacial score (nSPS) is 13.1. The quantitative estimate of drug-likeness (QED) is 0.196. The van der Waals surface area contributed by atoms with Gasteiger partial charge in [0.05, 0.1) is 11.4 Å². The molecule has 0 bridgehead atoms. The zero-order valence-electron chi connectivity index (χ0n) is 26.3. The summed E-state index contributed by atoms with van der Waals surface area (Å²) in [5, 5.41) is 2.16. The topological polar surface area (TPSA) is 29.3 Å². The molecule has 0 spiro atoms. The number of rotatable bonds is 5. The summed E-state index contributed by atoms with van der Waals surface area (Å²) in [5.41, 5.74) is 13.3. The molecule has 1 aromatic heterocycles. The van der Waals surface area contributed by atoms with E-state index in [-0.39, 0.29) is 5.41 Å². The summed E-state index contributed by atoms with van der Waals surface area (Å²) < 4.78 is 6.55. The Balaban J connectivity index is 1.34. The van der Waals surface area contributed by atoms with Crippen LogP contribution in [0.5, 0.6) is 0 Å². The largest absolute Gasteiger partial charge is 0.436 e. The monoisotopic (exact) mass is 604 g/mol. The maximum Gasteiger partial charge on any atom is 0.227 e. The summed E-state index contributed by atoms with van der Waals surface area (Å²) in [7, 11) is 0. The van der Waals surface area contributed by atoms with Crippen LogP contribution in [0.1, 0.15) is 25.0 Å². The lowest BCUT2D eigenvalue weighted by atomic mass is 9.82. The molecule has 3 heteroatoms. The van der Waals surface area contributed by atoms with E-state index in [1.807, 2.05) is 30.3 Å². The van der Waals surface area contributed by atoms with Gasteiger partial charge >= 0.3 is 0 Å². The van der Waals surface area contributed by atoms with Gasteiger partial charge in [-0.25, -0.2) is 4.98 Å². The number of para-hydroxylation sites is 1. The maximum absolute atomic E-state index is 6.55. The molecule has 0 unspecified atom stereocenters. The lowest BCUT2D eigenvalue weighted by molar-refractivity contribution is 0.620. The Morgan fingerprint density at radius 1 is 0.511 bits per heavy atom. The Labute approximate surface area is 274 Å². The van der Waals surface area contributed by atoms with Crippen LogP contribution in [0.15, 0.2) is 162 Å². The first kappa shape index (κ1) is 27.4. The molecule has 1 aliphatic rings. The minimum absolute atomic E-state index is 0.0729. The molecule has 9 rings (SSSR count). The van der Waals surface area contributed by atoms with Crippen molar-refractivity contribution in [2.24, 2.45) is 0 Å². The van der Waals surface area contributed by atoms with Gasteiger partial charge in [-0.15, -0.1) is 0 Å². The zero-order valence-corrected chi connectivity index (χ0v) is 26.3. The third-order valence-corrected chi connectivity index (χ3v) is 9.70. The molecule has 0 saturated heterocycles. The first-order chi connectivity index (χ1) is 23.1. The Kier molecular flexibility index (Phi) is 6.16. The molecule has 0 saturated carbocycles. The first-order valence-electron chi connectivity index (χ1n) is 16.1. The number of hydrogen-bond donors (Lipinski definition) is 0. The average Bonchev–Trinajstić information content (AvgIpc) is 3.66. The van der Waals surface area contributed by atoms with Crippen molar-refractivity contribution in [1.82, 2.24) is 4.98 Å². The number of fused-ring (bicyclic) bond motifs is 6. The van der Waals surface area contributed by atoms with Crippen molar-refractivity contribution in [3.05, 3.63) is 169 Å². The lowest BCUT2D eigenvalue weighted by Gasteiger charge is -2.30. The van der Waals surface area contributed by atoms with Crippen LogP contribution in [-0.4, -0.2) is 4.98 Å². The van der Waals surface area contributed by atoms with Crippen LogP contribution in [0.25, 0.3) is 55.6 Å². The highest BCUT2D eigenvalue weighted by molar-refractivity contribution is 6.13. The van der Waals surface area contributed by atoms with E-state index >= 15 is 0 Å². The van der Waals surface area contributed by atoms with Gasteiger partial charge < -0.3 is 9.32 Å². The second-order valence-electron chi connectivity index (χ2n) is 12.8. The third kappa shape index (κ3) is 4.31. The van der Waals surface area contributed by atoms with Crippen molar-refractivity contribution in [3.8, 4) is 33.7 Å². The van der Waals surface area contributed by atoms with E-state index < -0.39 is 0 Å². The predicted molar refractivity (Wildman–Crippen MR) is 195 cm³/mol. The molecule has 0 fully saturated rings. The molecule has 0 N–H and O–H groups in total. The van der Waals surface area contributed by atoms with Crippen LogP contribution in [0, 0.1) is 0 Å². The van der Waals surface area contributed by atoms with E-state index in [1.54, 1.807) is 0 Å². The van der Waals surface area contributed by atoms with Crippen molar-refractivity contribution in [1.29, 1.82) is 0 Å². The maximum atomic E-state index is 6.55. The lowest BCUT2D eigenvalue weighted by Crippen LogP contribution is -2.15. The number of anilines is 3. The van der Waals surface area contributed by atoms with E-state index in [1.165, 1.54) is 22.3 Å². The van der Waals surface area contributed by atoms with Crippen molar-refractivity contribution < 1.29 is 4.42 Å². The van der Waals surface area contributed by atoms with Gasteiger partial charge in [-0.1, -0.05) is 135 Å². The molecule has 0 amide bonds. The predicted octanol–water partition coefficient (Wildman–Crippen LogP) is 12.1. The van der Waals surface area contributed by atoms with Crippen LogP contribution >= 0.6 is 0 Å². The Morgan fingerprint density at radius 3 is 1.91 bits per heavy atom. The molecule has 0 atom stereocenters. The molecule has 0 radical (unpaired) electrons. The fourth-order valence-electron chi connectivity index (χ4n) is 7.41. The second kappa shape index (κ2) is 10.6. The number of aromatic nitrogens is 1. The molecule has 3 nitrogen and oxygen atoms in total.